The fourth-order valence-electron chi connectivity index (χ4n) is 3.34. The van der Waals surface area contributed by atoms with Crippen LogP contribution in [0.5, 0.6) is 0 Å². The minimum absolute atomic E-state index is 0.165. The summed E-state index contributed by atoms with van der Waals surface area (Å²) >= 11 is 6.39. The summed E-state index contributed by atoms with van der Waals surface area (Å²) in [5.41, 5.74) is 2.35. The van der Waals surface area contributed by atoms with Crippen molar-refractivity contribution < 1.29 is 9.53 Å². The summed E-state index contributed by atoms with van der Waals surface area (Å²) in [6.07, 6.45) is 1.43. The summed E-state index contributed by atoms with van der Waals surface area (Å²) in [6.45, 7) is 1.97. The third-order valence-corrected chi connectivity index (χ3v) is 5.09. The van der Waals surface area contributed by atoms with Crippen molar-refractivity contribution in [2.24, 2.45) is 0 Å². The van der Waals surface area contributed by atoms with Gasteiger partial charge in [-0.1, -0.05) is 41.9 Å². The second-order valence-electron chi connectivity index (χ2n) is 6.88. The van der Waals surface area contributed by atoms with Crippen molar-refractivity contribution >= 4 is 51.1 Å². The SMILES string of the molecule is CCOC(=O)c1cnn(-c2ccc3ccccc3n2)c1Nc1nc2ccccc2nc1Cl. The highest BCUT2D eigenvalue weighted by atomic mass is 35.5. The van der Waals surface area contributed by atoms with Crippen LogP contribution in [0.4, 0.5) is 11.6 Å². The molecule has 32 heavy (non-hydrogen) atoms. The number of hydrogen-bond donors (Lipinski definition) is 1. The van der Waals surface area contributed by atoms with Crippen molar-refractivity contribution in [2.75, 3.05) is 11.9 Å². The van der Waals surface area contributed by atoms with Crippen LogP contribution in [-0.2, 0) is 4.74 Å². The normalized spacial score (nSPS) is 11.1. The number of aromatic nitrogens is 5. The number of rotatable bonds is 5. The molecule has 0 aliphatic heterocycles. The summed E-state index contributed by atoms with van der Waals surface area (Å²) in [4.78, 5) is 26.2. The molecule has 0 saturated carbocycles. The van der Waals surface area contributed by atoms with Crippen molar-refractivity contribution in [3.63, 3.8) is 0 Å². The van der Waals surface area contributed by atoms with Gasteiger partial charge in [-0.3, -0.25) is 0 Å². The van der Waals surface area contributed by atoms with Crippen molar-refractivity contribution in [3.05, 3.63) is 77.6 Å². The van der Waals surface area contributed by atoms with E-state index in [1.165, 1.54) is 10.9 Å². The minimum Gasteiger partial charge on any atom is -0.462 e. The Kier molecular flexibility index (Phi) is 5.12. The van der Waals surface area contributed by atoms with Crippen LogP contribution in [-0.4, -0.2) is 37.3 Å². The maximum Gasteiger partial charge on any atom is 0.343 e. The van der Waals surface area contributed by atoms with Gasteiger partial charge < -0.3 is 10.1 Å². The van der Waals surface area contributed by atoms with Gasteiger partial charge in [0, 0.05) is 5.39 Å². The van der Waals surface area contributed by atoms with Crippen LogP contribution in [0.15, 0.2) is 66.9 Å². The van der Waals surface area contributed by atoms with E-state index in [0.717, 1.165) is 10.9 Å². The Morgan fingerprint density at radius 1 is 0.969 bits per heavy atom. The molecule has 9 heteroatoms. The van der Waals surface area contributed by atoms with Crippen LogP contribution < -0.4 is 5.32 Å². The van der Waals surface area contributed by atoms with Crippen LogP contribution in [0.2, 0.25) is 5.15 Å². The minimum atomic E-state index is -0.521. The molecule has 8 nitrogen and oxygen atoms in total. The van der Waals surface area contributed by atoms with Gasteiger partial charge in [-0.25, -0.2) is 19.7 Å². The molecule has 0 fully saturated rings. The van der Waals surface area contributed by atoms with Gasteiger partial charge in [-0.15, -0.1) is 0 Å². The summed E-state index contributed by atoms with van der Waals surface area (Å²) < 4.78 is 6.72. The number of fused-ring (bicyclic) bond motifs is 2. The largest absolute Gasteiger partial charge is 0.462 e. The first-order valence-electron chi connectivity index (χ1n) is 9.94. The van der Waals surface area contributed by atoms with Crippen LogP contribution >= 0.6 is 11.6 Å². The molecule has 3 heterocycles. The van der Waals surface area contributed by atoms with Crippen LogP contribution in [0.3, 0.4) is 0 Å². The Balaban J connectivity index is 1.64. The third kappa shape index (κ3) is 3.61. The average Bonchev–Trinajstić information content (AvgIpc) is 3.23. The zero-order valence-corrected chi connectivity index (χ0v) is 17.7. The van der Waals surface area contributed by atoms with Gasteiger partial charge in [0.1, 0.15) is 5.56 Å². The van der Waals surface area contributed by atoms with Crippen LogP contribution in [0.25, 0.3) is 27.8 Å². The quantitative estimate of drug-likeness (QED) is 0.384. The summed E-state index contributed by atoms with van der Waals surface area (Å²) in [5, 5.41) is 8.66. The Morgan fingerprint density at radius 2 is 1.69 bits per heavy atom. The Morgan fingerprint density at radius 3 is 2.47 bits per heavy atom. The summed E-state index contributed by atoms with van der Waals surface area (Å²) in [6, 6.07) is 18.9. The number of nitrogens with one attached hydrogen (secondary N) is 1. The lowest BCUT2D eigenvalue weighted by Gasteiger charge is -2.12. The van der Waals surface area contributed by atoms with Crippen molar-refractivity contribution in [2.45, 2.75) is 6.92 Å². The number of anilines is 2. The number of carbonyl (C=O) groups is 1. The summed E-state index contributed by atoms with van der Waals surface area (Å²) in [7, 11) is 0. The number of ether oxygens (including phenoxy) is 1. The molecule has 5 aromatic rings. The van der Waals surface area contributed by atoms with E-state index >= 15 is 0 Å². The predicted molar refractivity (Wildman–Crippen MR) is 123 cm³/mol. The zero-order chi connectivity index (χ0) is 22.1. The molecule has 158 valence electrons. The van der Waals surface area contributed by atoms with Crippen molar-refractivity contribution in [1.29, 1.82) is 0 Å². The number of esters is 1. The van der Waals surface area contributed by atoms with E-state index < -0.39 is 5.97 Å². The molecule has 5 rings (SSSR count). The Hall–Kier alpha value is -4.04. The van der Waals surface area contributed by atoms with E-state index in [9.17, 15) is 4.79 Å². The molecule has 0 aliphatic carbocycles. The predicted octanol–water partition coefficient (Wildman–Crippen LogP) is 4.94. The molecule has 1 N–H and O–H groups in total. The van der Waals surface area contributed by atoms with E-state index in [0.29, 0.717) is 28.5 Å². The number of para-hydroxylation sites is 3. The highest BCUT2D eigenvalue weighted by Crippen LogP contribution is 2.29. The fraction of sp³-hybridized carbons (Fsp3) is 0.0870. The molecule has 2 aromatic carbocycles. The third-order valence-electron chi connectivity index (χ3n) is 4.83. The number of carbonyl (C=O) groups excluding carboxylic acids is 1. The van der Waals surface area contributed by atoms with Gasteiger partial charge in [-0.05, 0) is 37.3 Å². The first-order chi connectivity index (χ1) is 15.6. The van der Waals surface area contributed by atoms with Gasteiger partial charge >= 0.3 is 5.97 Å². The molecule has 0 radical (unpaired) electrons. The van der Waals surface area contributed by atoms with E-state index in [1.807, 2.05) is 60.7 Å². The standard InChI is InChI=1S/C23H17ClN6O2/c1-2-32-23(31)15-13-25-30(19-12-11-14-7-3-4-8-16(14)26-19)22(15)29-21-20(24)27-17-9-5-6-10-18(17)28-21/h3-13H,2H2,1H3,(H,28,29). The average molecular weight is 445 g/mol. The molecule has 0 bridgehead atoms. The van der Waals surface area contributed by atoms with Crippen LogP contribution in [0, 0.1) is 0 Å². The van der Waals surface area contributed by atoms with E-state index in [2.05, 4.69) is 25.4 Å². The van der Waals surface area contributed by atoms with Gasteiger partial charge in [-0.2, -0.15) is 9.78 Å². The summed E-state index contributed by atoms with van der Waals surface area (Å²) in [5.74, 6) is 0.620. The maximum absolute atomic E-state index is 12.6. The Bertz CT molecular complexity index is 1470. The van der Waals surface area contributed by atoms with Crippen LogP contribution in [0.1, 0.15) is 17.3 Å². The second-order valence-corrected chi connectivity index (χ2v) is 7.24. The van der Waals surface area contributed by atoms with Gasteiger partial charge in [0.15, 0.2) is 22.6 Å². The molecule has 3 aromatic heterocycles. The molecular weight excluding hydrogens is 428 g/mol. The lowest BCUT2D eigenvalue weighted by molar-refractivity contribution is 0.0527. The first kappa shape index (κ1) is 19.9. The zero-order valence-electron chi connectivity index (χ0n) is 17.0. The van der Waals surface area contributed by atoms with E-state index in [4.69, 9.17) is 16.3 Å². The van der Waals surface area contributed by atoms with Gasteiger partial charge in [0.05, 0.1) is 29.4 Å². The topological polar surface area (TPSA) is 94.8 Å². The molecule has 0 atom stereocenters. The van der Waals surface area contributed by atoms with E-state index in [1.54, 1.807) is 6.92 Å². The highest BCUT2D eigenvalue weighted by Gasteiger charge is 2.22. The monoisotopic (exact) mass is 444 g/mol. The van der Waals surface area contributed by atoms with Crippen molar-refractivity contribution in [3.8, 4) is 5.82 Å². The number of benzene rings is 2. The fourth-order valence-corrected chi connectivity index (χ4v) is 3.52. The smallest absolute Gasteiger partial charge is 0.343 e. The molecule has 0 unspecified atom stereocenters. The lowest BCUT2D eigenvalue weighted by atomic mass is 10.2. The van der Waals surface area contributed by atoms with Gasteiger partial charge in [0.25, 0.3) is 0 Å². The lowest BCUT2D eigenvalue weighted by Crippen LogP contribution is -2.11. The number of nitrogens with zero attached hydrogens (tertiary/aromatic N) is 5. The molecule has 0 aliphatic rings. The number of hydrogen-bond acceptors (Lipinski definition) is 7. The molecular formula is C23H17ClN6O2. The molecule has 0 spiro atoms. The number of halogens is 1. The van der Waals surface area contributed by atoms with Gasteiger partial charge in [0.2, 0.25) is 0 Å². The maximum atomic E-state index is 12.6. The molecule has 0 saturated heterocycles. The first-order valence-corrected chi connectivity index (χ1v) is 10.3. The van der Waals surface area contributed by atoms with Crippen molar-refractivity contribution in [1.82, 2.24) is 24.7 Å². The molecule has 0 amide bonds. The highest BCUT2D eigenvalue weighted by molar-refractivity contribution is 6.32. The number of pyridine rings is 1. The second kappa shape index (κ2) is 8.24. The van der Waals surface area contributed by atoms with E-state index in [-0.39, 0.29) is 17.3 Å². The Labute approximate surface area is 187 Å².